The van der Waals surface area contributed by atoms with Gasteiger partial charge in [-0.05, 0) is 0 Å². The number of rotatable bonds is 1. The average Bonchev–Trinajstić information content (AvgIpc) is 2.81. The Morgan fingerprint density at radius 1 is 1.37 bits per heavy atom. The number of nitrogens with zero attached hydrogens (tertiary/aromatic N) is 4. The van der Waals surface area contributed by atoms with Gasteiger partial charge in [0.05, 0.1) is 10.9 Å². The molecule has 0 bridgehead atoms. The normalized spacial score (nSPS) is 16.1. The van der Waals surface area contributed by atoms with E-state index in [1.165, 1.54) is 0 Å². The van der Waals surface area contributed by atoms with Crippen molar-refractivity contribution in [2.45, 2.75) is 6.92 Å². The first-order valence-electron chi connectivity index (χ1n) is 6.15. The monoisotopic (exact) mass is 279 g/mol. The molecule has 0 saturated carbocycles. The third-order valence-corrected chi connectivity index (χ3v) is 3.62. The number of piperazine rings is 1. The molecule has 0 spiro atoms. The Morgan fingerprint density at radius 2 is 2.11 bits per heavy atom. The molecule has 7 heteroatoms. The second-order valence-corrected chi connectivity index (χ2v) is 4.98. The van der Waals surface area contributed by atoms with Crippen LogP contribution < -0.4 is 4.90 Å². The lowest BCUT2D eigenvalue weighted by atomic mass is 10.2. The second kappa shape index (κ2) is 4.70. The maximum absolute atomic E-state index is 11.3. The van der Waals surface area contributed by atoms with Crippen LogP contribution in [0.5, 0.6) is 0 Å². The number of carbonyl (C=O) groups is 1. The Bertz CT molecular complexity index is 618. The van der Waals surface area contributed by atoms with Gasteiger partial charge >= 0.3 is 0 Å². The molecule has 100 valence electrons. The molecule has 3 rings (SSSR count). The molecule has 1 aliphatic heterocycles. The summed E-state index contributed by atoms with van der Waals surface area (Å²) < 4.78 is 0. The Balaban J connectivity index is 1.84. The molecular formula is C12H14ClN5O. The minimum Gasteiger partial charge on any atom is -0.351 e. The molecule has 2 aromatic heterocycles. The van der Waals surface area contributed by atoms with E-state index in [0.29, 0.717) is 5.15 Å². The fourth-order valence-corrected chi connectivity index (χ4v) is 2.51. The van der Waals surface area contributed by atoms with E-state index in [1.807, 2.05) is 4.90 Å². The average molecular weight is 280 g/mol. The van der Waals surface area contributed by atoms with E-state index >= 15 is 0 Å². The first kappa shape index (κ1) is 12.2. The number of halogens is 1. The molecule has 2 aromatic rings. The number of amides is 1. The van der Waals surface area contributed by atoms with Crippen LogP contribution in [-0.4, -0.2) is 52.2 Å². The van der Waals surface area contributed by atoms with Gasteiger partial charge in [0.15, 0.2) is 5.82 Å². The highest BCUT2D eigenvalue weighted by atomic mass is 35.5. The van der Waals surface area contributed by atoms with E-state index in [4.69, 9.17) is 11.6 Å². The fourth-order valence-electron chi connectivity index (χ4n) is 2.35. The van der Waals surface area contributed by atoms with E-state index in [2.05, 4.69) is 20.1 Å². The van der Waals surface area contributed by atoms with Crippen LogP contribution in [0.25, 0.3) is 10.9 Å². The molecule has 19 heavy (non-hydrogen) atoms. The van der Waals surface area contributed by atoms with Crippen molar-refractivity contribution in [2.75, 3.05) is 31.1 Å². The Labute approximate surface area is 115 Å². The summed E-state index contributed by atoms with van der Waals surface area (Å²) in [5.41, 5.74) is 0.879. The molecule has 1 amide bonds. The summed E-state index contributed by atoms with van der Waals surface area (Å²) in [5, 5.41) is 8.70. The summed E-state index contributed by atoms with van der Waals surface area (Å²) in [5.74, 6) is 1.00. The highest BCUT2D eigenvalue weighted by molar-refractivity contribution is 6.30. The van der Waals surface area contributed by atoms with Gasteiger partial charge < -0.3 is 9.80 Å². The number of H-pyrrole nitrogens is 1. The topological polar surface area (TPSA) is 65.1 Å². The smallest absolute Gasteiger partial charge is 0.219 e. The molecule has 1 N–H and O–H groups in total. The van der Waals surface area contributed by atoms with Gasteiger partial charge in [-0.25, -0.2) is 4.98 Å². The molecule has 3 heterocycles. The first-order valence-corrected chi connectivity index (χ1v) is 6.53. The van der Waals surface area contributed by atoms with Crippen molar-refractivity contribution >= 4 is 34.2 Å². The number of hydrogen-bond donors (Lipinski definition) is 1. The number of aromatic amines is 1. The summed E-state index contributed by atoms with van der Waals surface area (Å²) in [6.07, 6.45) is 1.73. The van der Waals surface area contributed by atoms with Crippen LogP contribution >= 0.6 is 11.6 Å². The Hall–Kier alpha value is -1.82. The summed E-state index contributed by atoms with van der Waals surface area (Å²) in [6, 6.07) is 1.76. The van der Waals surface area contributed by atoms with Crippen molar-refractivity contribution in [3.63, 3.8) is 0 Å². The van der Waals surface area contributed by atoms with E-state index in [0.717, 1.165) is 42.9 Å². The number of anilines is 1. The standard InChI is InChI=1S/C12H14ClN5O/c1-8(19)17-2-4-18(5-3-17)12-9-7-14-11(13)6-10(9)15-16-12/h6-7H,2-5H2,1H3,(H,15,16). The molecule has 0 radical (unpaired) electrons. The molecule has 0 aliphatic carbocycles. The molecule has 0 atom stereocenters. The summed E-state index contributed by atoms with van der Waals surface area (Å²) in [4.78, 5) is 19.4. The van der Waals surface area contributed by atoms with E-state index in [-0.39, 0.29) is 5.91 Å². The number of nitrogens with one attached hydrogen (secondary N) is 1. The van der Waals surface area contributed by atoms with Crippen molar-refractivity contribution in [1.82, 2.24) is 20.1 Å². The van der Waals surface area contributed by atoms with Crippen molar-refractivity contribution < 1.29 is 4.79 Å². The van der Waals surface area contributed by atoms with Gasteiger partial charge in [-0.3, -0.25) is 9.89 Å². The molecule has 0 aromatic carbocycles. The van der Waals surface area contributed by atoms with E-state index in [9.17, 15) is 4.79 Å². The van der Waals surface area contributed by atoms with Crippen LogP contribution in [0, 0.1) is 0 Å². The SMILES string of the molecule is CC(=O)N1CCN(c2n[nH]c3cc(Cl)ncc23)CC1. The maximum atomic E-state index is 11.3. The predicted octanol–water partition coefficient (Wildman–Crippen LogP) is 1.28. The molecule has 1 aliphatic rings. The Morgan fingerprint density at radius 3 is 2.79 bits per heavy atom. The molecule has 1 fully saturated rings. The van der Waals surface area contributed by atoms with Crippen LogP contribution in [0.1, 0.15) is 6.92 Å². The van der Waals surface area contributed by atoms with E-state index in [1.54, 1.807) is 19.2 Å². The maximum Gasteiger partial charge on any atom is 0.219 e. The first-order chi connectivity index (χ1) is 9.15. The highest BCUT2D eigenvalue weighted by Gasteiger charge is 2.21. The van der Waals surface area contributed by atoms with Gasteiger partial charge in [0.1, 0.15) is 5.15 Å². The minimum absolute atomic E-state index is 0.125. The van der Waals surface area contributed by atoms with Crippen LogP contribution in [0.4, 0.5) is 5.82 Å². The zero-order valence-electron chi connectivity index (χ0n) is 10.6. The van der Waals surface area contributed by atoms with Gasteiger partial charge in [0.2, 0.25) is 5.91 Å². The quantitative estimate of drug-likeness (QED) is 0.799. The van der Waals surface area contributed by atoms with Crippen molar-refractivity contribution in [3.05, 3.63) is 17.4 Å². The van der Waals surface area contributed by atoms with Gasteiger partial charge in [-0.15, -0.1) is 0 Å². The predicted molar refractivity (Wildman–Crippen MR) is 73.4 cm³/mol. The number of aromatic nitrogens is 3. The molecule has 0 unspecified atom stereocenters. The molecular weight excluding hydrogens is 266 g/mol. The van der Waals surface area contributed by atoms with Crippen molar-refractivity contribution in [1.29, 1.82) is 0 Å². The molecule has 1 saturated heterocycles. The van der Waals surface area contributed by atoms with E-state index < -0.39 is 0 Å². The van der Waals surface area contributed by atoms with Crippen molar-refractivity contribution in [2.24, 2.45) is 0 Å². The summed E-state index contributed by atoms with van der Waals surface area (Å²) in [7, 11) is 0. The lowest BCUT2D eigenvalue weighted by Crippen LogP contribution is -2.48. The van der Waals surface area contributed by atoms with Gasteiger partial charge in [0.25, 0.3) is 0 Å². The Kier molecular flexibility index (Phi) is 3.02. The number of hydrogen-bond acceptors (Lipinski definition) is 4. The number of pyridine rings is 1. The lowest BCUT2D eigenvalue weighted by Gasteiger charge is -2.34. The van der Waals surface area contributed by atoms with Crippen LogP contribution in [0.15, 0.2) is 12.3 Å². The minimum atomic E-state index is 0.125. The van der Waals surface area contributed by atoms with Gasteiger partial charge in [0, 0.05) is 45.4 Å². The van der Waals surface area contributed by atoms with Crippen LogP contribution in [0.2, 0.25) is 5.15 Å². The lowest BCUT2D eigenvalue weighted by molar-refractivity contribution is -0.129. The zero-order chi connectivity index (χ0) is 13.4. The fraction of sp³-hybridized carbons (Fsp3) is 0.417. The second-order valence-electron chi connectivity index (χ2n) is 4.59. The molecule has 6 nitrogen and oxygen atoms in total. The summed E-state index contributed by atoms with van der Waals surface area (Å²) >= 11 is 5.85. The highest BCUT2D eigenvalue weighted by Crippen LogP contribution is 2.25. The third-order valence-electron chi connectivity index (χ3n) is 3.42. The van der Waals surface area contributed by atoms with Gasteiger partial charge in [-0.2, -0.15) is 5.10 Å². The summed E-state index contributed by atoms with van der Waals surface area (Å²) in [6.45, 7) is 4.62. The third kappa shape index (κ3) is 2.23. The largest absolute Gasteiger partial charge is 0.351 e. The number of fused-ring (bicyclic) bond motifs is 1. The van der Waals surface area contributed by atoms with Gasteiger partial charge in [-0.1, -0.05) is 11.6 Å². The van der Waals surface area contributed by atoms with Crippen LogP contribution in [0.3, 0.4) is 0 Å². The van der Waals surface area contributed by atoms with Crippen molar-refractivity contribution in [3.8, 4) is 0 Å². The number of carbonyl (C=O) groups excluding carboxylic acids is 1. The zero-order valence-corrected chi connectivity index (χ0v) is 11.3. The van der Waals surface area contributed by atoms with Crippen LogP contribution in [-0.2, 0) is 4.79 Å².